The Morgan fingerprint density at radius 1 is 1.45 bits per heavy atom. The van der Waals surface area contributed by atoms with Crippen LogP contribution in [0.2, 0.25) is 0 Å². The highest BCUT2D eigenvalue weighted by molar-refractivity contribution is 9.10. The first kappa shape index (κ1) is 16.9. The Morgan fingerprint density at radius 2 is 2.15 bits per heavy atom. The van der Waals surface area contributed by atoms with E-state index in [0.29, 0.717) is 0 Å². The molecule has 0 fully saturated rings. The van der Waals surface area contributed by atoms with Crippen molar-refractivity contribution in [3.8, 4) is 0 Å². The van der Waals surface area contributed by atoms with Crippen molar-refractivity contribution < 1.29 is 14.6 Å². The summed E-state index contributed by atoms with van der Waals surface area (Å²) in [5.74, 6) is 0. The number of aliphatic hydroxyl groups excluding tert-OH is 1. The predicted molar refractivity (Wildman–Crippen MR) is 81.6 cm³/mol. The van der Waals surface area contributed by atoms with Crippen molar-refractivity contribution in [2.45, 2.75) is 25.5 Å². The molecule has 1 rings (SSSR count). The zero-order valence-corrected chi connectivity index (χ0v) is 13.3. The average molecular weight is 345 g/mol. The Balaban J connectivity index is 2.52. The Morgan fingerprint density at radius 3 is 2.75 bits per heavy atom. The lowest BCUT2D eigenvalue weighted by molar-refractivity contribution is 0.0659. The van der Waals surface area contributed by atoms with E-state index in [1.807, 2.05) is 31.2 Å². The van der Waals surface area contributed by atoms with Crippen LogP contribution in [0, 0.1) is 0 Å². The number of benzene rings is 1. The van der Waals surface area contributed by atoms with Gasteiger partial charge in [0.15, 0.2) is 0 Å². The summed E-state index contributed by atoms with van der Waals surface area (Å²) in [5.41, 5.74) is 1.03. The van der Waals surface area contributed by atoms with Gasteiger partial charge in [-0.2, -0.15) is 0 Å². The van der Waals surface area contributed by atoms with Crippen LogP contribution in [0.5, 0.6) is 0 Å². The normalized spacial score (nSPS) is 13.6. The fraction of sp³-hybridized carbons (Fsp3) is 0.500. The van der Waals surface area contributed by atoms with E-state index in [-0.39, 0.29) is 25.2 Å². The largest absolute Gasteiger partial charge is 0.389 e. The molecule has 112 valence electrons. The Bertz CT molecular complexity index is 429. The molecule has 0 spiro atoms. The molecule has 1 aromatic carbocycles. The van der Waals surface area contributed by atoms with Crippen molar-refractivity contribution >= 4 is 22.0 Å². The van der Waals surface area contributed by atoms with Crippen LogP contribution in [-0.4, -0.2) is 37.5 Å². The molecule has 0 radical (unpaired) electrons. The van der Waals surface area contributed by atoms with Gasteiger partial charge in [-0.05, 0) is 18.1 Å². The smallest absolute Gasteiger partial charge is 0.315 e. The van der Waals surface area contributed by atoms with Crippen molar-refractivity contribution in [3.63, 3.8) is 0 Å². The molecule has 2 unspecified atom stereocenters. The van der Waals surface area contributed by atoms with Crippen LogP contribution in [0.25, 0.3) is 0 Å². The molecule has 2 amide bonds. The maximum Gasteiger partial charge on any atom is 0.315 e. The highest BCUT2D eigenvalue weighted by Crippen LogP contribution is 2.25. The lowest BCUT2D eigenvalue weighted by atomic mass is 10.1. The summed E-state index contributed by atoms with van der Waals surface area (Å²) < 4.78 is 5.76. The first-order valence-electron chi connectivity index (χ1n) is 6.54. The minimum Gasteiger partial charge on any atom is -0.389 e. The van der Waals surface area contributed by atoms with Crippen LogP contribution >= 0.6 is 15.9 Å². The monoisotopic (exact) mass is 344 g/mol. The minimum absolute atomic E-state index is 0.0786. The third kappa shape index (κ3) is 5.48. The maximum absolute atomic E-state index is 11.8. The van der Waals surface area contributed by atoms with Gasteiger partial charge in [-0.3, -0.25) is 0 Å². The van der Waals surface area contributed by atoms with Crippen LogP contribution in [0.15, 0.2) is 28.7 Å². The summed E-state index contributed by atoms with van der Waals surface area (Å²) in [7, 11) is 1.50. The number of hydrogen-bond donors (Lipinski definition) is 3. The summed E-state index contributed by atoms with van der Waals surface area (Å²) in [6.45, 7) is 2.36. The summed E-state index contributed by atoms with van der Waals surface area (Å²) in [4.78, 5) is 11.8. The first-order valence-corrected chi connectivity index (χ1v) is 7.33. The molecule has 0 bridgehead atoms. The van der Waals surface area contributed by atoms with Crippen molar-refractivity contribution in [1.29, 1.82) is 0 Å². The molecule has 0 saturated heterocycles. The van der Waals surface area contributed by atoms with E-state index in [0.717, 1.165) is 16.5 Å². The van der Waals surface area contributed by atoms with Gasteiger partial charge in [0.05, 0.1) is 18.8 Å². The van der Waals surface area contributed by atoms with Crippen LogP contribution in [0.4, 0.5) is 4.79 Å². The van der Waals surface area contributed by atoms with E-state index < -0.39 is 6.10 Å². The Labute approximate surface area is 127 Å². The van der Waals surface area contributed by atoms with E-state index in [9.17, 15) is 9.90 Å². The molecule has 0 aliphatic heterocycles. The molecule has 0 aliphatic carbocycles. The zero-order valence-electron chi connectivity index (χ0n) is 11.7. The maximum atomic E-state index is 11.8. The third-order valence-corrected chi connectivity index (χ3v) is 3.57. The van der Waals surface area contributed by atoms with Crippen LogP contribution in [-0.2, 0) is 4.74 Å². The number of urea groups is 1. The second-order valence-corrected chi connectivity index (χ2v) is 5.30. The van der Waals surface area contributed by atoms with Gasteiger partial charge in [-0.25, -0.2) is 4.79 Å². The van der Waals surface area contributed by atoms with Gasteiger partial charge in [0.1, 0.15) is 0 Å². The van der Waals surface area contributed by atoms with E-state index in [1.165, 1.54) is 7.11 Å². The number of nitrogens with one attached hydrogen (secondary N) is 2. The fourth-order valence-electron chi connectivity index (χ4n) is 1.83. The lowest BCUT2D eigenvalue weighted by Gasteiger charge is -2.20. The molecule has 0 heterocycles. The van der Waals surface area contributed by atoms with Gasteiger partial charge in [-0.1, -0.05) is 41.1 Å². The molecule has 0 aromatic heterocycles. The van der Waals surface area contributed by atoms with E-state index in [2.05, 4.69) is 26.6 Å². The summed E-state index contributed by atoms with van der Waals surface area (Å²) in [6.07, 6.45) is 0.0747. The number of hydrogen-bond acceptors (Lipinski definition) is 3. The van der Waals surface area contributed by atoms with E-state index in [4.69, 9.17) is 4.74 Å². The van der Waals surface area contributed by atoms with Gasteiger partial charge in [0.2, 0.25) is 0 Å². The van der Waals surface area contributed by atoms with Gasteiger partial charge in [0, 0.05) is 18.1 Å². The van der Waals surface area contributed by atoms with Crippen LogP contribution in [0.3, 0.4) is 0 Å². The molecule has 3 N–H and O–H groups in total. The minimum atomic E-state index is -0.700. The van der Waals surface area contributed by atoms with Crippen molar-refractivity contribution in [1.82, 2.24) is 10.6 Å². The quantitative estimate of drug-likeness (QED) is 0.710. The van der Waals surface area contributed by atoms with Crippen LogP contribution in [0.1, 0.15) is 24.9 Å². The molecule has 0 aliphatic rings. The number of aliphatic hydroxyl groups is 1. The van der Waals surface area contributed by atoms with E-state index >= 15 is 0 Å². The Hall–Kier alpha value is -1.11. The molecular formula is C14H21BrN2O3. The standard InChI is InChI=1S/C14H21BrN2O3/c1-3-13(11-6-4-5-7-12(11)15)17-14(19)16-8-10(18)9-20-2/h4-7,10,13,18H,3,8-9H2,1-2H3,(H2,16,17,19). The third-order valence-electron chi connectivity index (χ3n) is 2.85. The van der Waals surface area contributed by atoms with Gasteiger partial charge in [-0.15, -0.1) is 0 Å². The number of rotatable bonds is 7. The van der Waals surface area contributed by atoms with Crippen molar-refractivity contribution in [2.75, 3.05) is 20.3 Å². The topological polar surface area (TPSA) is 70.6 Å². The summed E-state index contributed by atoms with van der Waals surface area (Å²) >= 11 is 3.48. The number of ether oxygens (including phenoxy) is 1. The first-order chi connectivity index (χ1) is 9.58. The van der Waals surface area contributed by atoms with Gasteiger partial charge >= 0.3 is 6.03 Å². The van der Waals surface area contributed by atoms with Crippen molar-refractivity contribution in [2.24, 2.45) is 0 Å². The summed E-state index contributed by atoms with van der Waals surface area (Å²) in [6, 6.07) is 7.40. The zero-order chi connectivity index (χ0) is 15.0. The number of halogens is 1. The summed E-state index contributed by atoms with van der Waals surface area (Å²) in [5, 5.41) is 15.0. The highest BCUT2D eigenvalue weighted by Gasteiger charge is 2.15. The molecule has 20 heavy (non-hydrogen) atoms. The second kappa shape index (κ2) is 8.94. The lowest BCUT2D eigenvalue weighted by Crippen LogP contribution is -2.42. The SMILES string of the molecule is CCC(NC(=O)NCC(O)COC)c1ccccc1Br. The molecule has 6 heteroatoms. The second-order valence-electron chi connectivity index (χ2n) is 4.45. The van der Waals surface area contributed by atoms with Crippen molar-refractivity contribution in [3.05, 3.63) is 34.3 Å². The fourth-order valence-corrected chi connectivity index (χ4v) is 2.39. The molecule has 0 saturated carbocycles. The molecular weight excluding hydrogens is 324 g/mol. The predicted octanol–water partition coefficient (Wildman–Crippen LogP) is 2.21. The van der Waals surface area contributed by atoms with E-state index in [1.54, 1.807) is 0 Å². The highest BCUT2D eigenvalue weighted by atomic mass is 79.9. The number of amides is 2. The van der Waals surface area contributed by atoms with Gasteiger partial charge < -0.3 is 20.5 Å². The number of methoxy groups -OCH3 is 1. The van der Waals surface area contributed by atoms with Crippen LogP contribution < -0.4 is 10.6 Å². The number of carbonyl (C=O) groups is 1. The molecule has 5 nitrogen and oxygen atoms in total. The molecule has 1 aromatic rings. The Kier molecular flexibility index (Phi) is 7.58. The molecule has 2 atom stereocenters. The average Bonchev–Trinajstić information content (AvgIpc) is 2.44. The van der Waals surface area contributed by atoms with Gasteiger partial charge in [0.25, 0.3) is 0 Å². The number of carbonyl (C=O) groups excluding carboxylic acids is 1.